The number of nitrogens with zero attached hydrogens (tertiary/aromatic N) is 2. The molecular formula is C22H16ClN3O4S. The molecule has 2 heterocycles. The number of aromatic nitrogens is 2. The number of nitrogens with one attached hydrogen (secondary N) is 1. The van der Waals surface area contributed by atoms with Crippen molar-refractivity contribution < 1.29 is 14.7 Å². The number of halogens is 1. The zero-order chi connectivity index (χ0) is 22.1. The van der Waals surface area contributed by atoms with Gasteiger partial charge in [0.15, 0.2) is 0 Å². The van der Waals surface area contributed by atoms with E-state index in [2.05, 4.69) is 10.3 Å². The third-order valence-corrected chi connectivity index (χ3v) is 5.99. The first-order valence-electron chi connectivity index (χ1n) is 9.22. The summed E-state index contributed by atoms with van der Waals surface area (Å²) in [4.78, 5) is 42.4. The average Bonchev–Trinajstić information content (AvgIpc) is 3.18. The molecule has 0 atom stereocenters. The molecule has 2 aromatic carbocycles. The highest BCUT2D eigenvalue weighted by Crippen LogP contribution is 2.26. The van der Waals surface area contributed by atoms with E-state index in [0.29, 0.717) is 21.1 Å². The number of carboxylic acid groups (broad SMARTS) is 1. The first-order chi connectivity index (χ1) is 14.8. The lowest BCUT2D eigenvalue weighted by Crippen LogP contribution is -2.30. The molecule has 1 amide bonds. The standard InChI is InChI=1S/C22H16ClN3O4S/c1-12-7-8-14(9-16(12)23)24-17(27)10-26-19(13-5-3-2-4-6-13)25-20-18(21(26)28)15(11-31-20)22(29)30/h2-9,11H,10H2,1H3,(H,24,27)(H,29,30). The predicted octanol–water partition coefficient (Wildman–Crippen LogP) is 4.42. The second-order valence-corrected chi connectivity index (χ2v) is 8.10. The third kappa shape index (κ3) is 4.08. The lowest BCUT2D eigenvalue weighted by Gasteiger charge is -2.13. The Balaban J connectivity index is 1.80. The Morgan fingerprint density at radius 2 is 1.94 bits per heavy atom. The fourth-order valence-electron chi connectivity index (χ4n) is 3.15. The highest BCUT2D eigenvalue weighted by Gasteiger charge is 2.21. The maximum absolute atomic E-state index is 13.3. The summed E-state index contributed by atoms with van der Waals surface area (Å²) in [6, 6.07) is 14.1. The van der Waals surface area contributed by atoms with Gasteiger partial charge in [0.25, 0.3) is 5.56 Å². The maximum Gasteiger partial charge on any atom is 0.337 e. The second-order valence-electron chi connectivity index (χ2n) is 6.84. The van der Waals surface area contributed by atoms with Gasteiger partial charge in [-0.25, -0.2) is 9.78 Å². The molecule has 2 aromatic heterocycles. The monoisotopic (exact) mass is 453 g/mol. The molecule has 0 unspecified atom stereocenters. The van der Waals surface area contributed by atoms with E-state index in [1.165, 1.54) is 9.95 Å². The molecular weight excluding hydrogens is 438 g/mol. The molecule has 2 N–H and O–H groups in total. The summed E-state index contributed by atoms with van der Waals surface area (Å²) in [5.41, 5.74) is 1.29. The van der Waals surface area contributed by atoms with Gasteiger partial charge in [-0.15, -0.1) is 11.3 Å². The zero-order valence-electron chi connectivity index (χ0n) is 16.3. The number of aromatic carboxylic acids is 1. The van der Waals surface area contributed by atoms with Crippen molar-refractivity contribution in [3.8, 4) is 11.4 Å². The van der Waals surface area contributed by atoms with E-state index in [1.807, 2.05) is 13.0 Å². The molecule has 0 saturated heterocycles. The summed E-state index contributed by atoms with van der Waals surface area (Å²) in [6.45, 7) is 1.51. The predicted molar refractivity (Wildman–Crippen MR) is 121 cm³/mol. The van der Waals surface area contributed by atoms with Crippen LogP contribution < -0.4 is 10.9 Å². The average molecular weight is 454 g/mol. The van der Waals surface area contributed by atoms with Crippen LogP contribution in [0.2, 0.25) is 5.02 Å². The van der Waals surface area contributed by atoms with E-state index in [0.717, 1.165) is 16.9 Å². The minimum absolute atomic E-state index is 0.0108. The lowest BCUT2D eigenvalue weighted by molar-refractivity contribution is -0.116. The molecule has 0 aliphatic rings. The van der Waals surface area contributed by atoms with Crippen LogP contribution in [-0.2, 0) is 11.3 Å². The van der Waals surface area contributed by atoms with E-state index >= 15 is 0 Å². The second kappa shape index (κ2) is 8.33. The Morgan fingerprint density at radius 1 is 1.19 bits per heavy atom. The van der Waals surface area contributed by atoms with E-state index in [-0.39, 0.29) is 23.3 Å². The molecule has 0 fully saturated rings. The van der Waals surface area contributed by atoms with Crippen LogP contribution in [0, 0.1) is 6.92 Å². The van der Waals surface area contributed by atoms with Gasteiger partial charge in [-0.2, -0.15) is 0 Å². The van der Waals surface area contributed by atoms with E-state index in [4.69, 9.17) is 11.6 Å². The van der Waals surface area contributed by atoms with Crippen molar-refractivity contribution in [2.75, 3.05) is 5.32 Å². The zero-order valence-corrected chi connectivity index (χ0v) is 17.8. The minimum atomic E-state index is -1.22. The fraction of sp³-hybridized carbons (Fsp3) is 0.0909. The highest BCUT2D eigenvalue weighted by atomic mass is 35.5. The minimum Gasteiger partial charge on any atom is -0.478 e. The SMILES string of the molecule is Cc1ccc(NC(=O)Cn2c(-c3ccccc3)nc3scc(C(=O)O)c3c2=O)cc1Cl. The Morgan fingerprint density at radius 3 is 2.61 bits per heavy atom. The molecule has 156 valence electrons. The molecule has 0 radical (unpaired) electrons. The molecule has 0 aliphatic carbocycles. The van der Waals surface area contributed by atoms with Crippen molar-refractivity contribution in [2.24, 2.45) is 0 Å². The molecule has 0 bridgehead atoms. The number of carbonyl (C=O) groups is 2. The van der Waals surface area contributed by atoms with Crippen molar-refractivity contribution in [1.82, 2.24) is 9.55 Å². The van der Waals surface area contributed by atoms with Crippen molar-refractivity contribution in [3.63, 3.8) is 0 Å². The Kier molecular flexibility index (Phi) is 5.58. The van der Waals surface area contributed by atoms with Crippen molar-refractivity contribution in [2.45, 2.75) is 13.5 Å². The Labute approximate surface area is 185 Å². The molecule has 7 nitrogen and oxygen atoms in total. The molecule has 9 heteroatoms. The number of amides is 1. The number of carbonyl (C=O) groups excluding carboxylic acids is 1. The molecule has 4 rings (SSSR count). The van der Waals surface area contributed by atoms with Crippen LogP contribution in [0.15, 0.2) is 58.7 Å². The number of hydrogen-bond donors (Lipinski definition) is 2. The van der Waals surface area contributed by atoms with Gasteiger partial charge >= 0.3 is 5.97 Å². The molecule has 0 spiro atoms. The smallest absolute Gasteiger partial charge is 0.337 e. The van der Waals surface area contributed by atoms with E-state index in [1.54, 1.807) is 42.5 Å². The topological polar surface area (TPSA) is 101 Å². The van der Waals surface area contributed by atoms with Crippen LogP contribution in [0.1, 0.15) is 15.9 Å². The highest BCUT2D eigenvalue weighted by molar-refractivity contribution is 7.17. The van der Waals surface area contributed by atoms with Crippen LogP contribution in [0.3, 0.4) is 0 Å². The van der Waals surface area contributed by atoms with Gasteiger partial charge < -0.3 is 10.4 Å². The number of rotatable bonds is 5. The van der Waals surface area contributed by atoms with Gasteiger partial charge in [0.2, 0.25) is 5.91 Å². The molecule has 0 aliphatic heterocycles. The molecule has 0 saturated carbocycles. The number of fused-ring (bicyclic) bond motifs is 1. The summed E-state index contributed by atoms with van der Waals surface area (Å²) in [5.74, 6) is -1.40. The normalized spacial score (nSPS) is 10.9. The summed E-state index contributed by atoms with van der Waals surface area (Å²) in [5, 5.41) is 14.0. The summed E-state index contributed by atoms with van der Waals surface area (Å²) >= 11 is 7.19. The summed E-state index contributed by atoms with van der Waals surface area (Å²) in [6.07, 6.45) is 0. The maximum atomic E-state index is 13.3. The number of carboxylic acids is 1. The Bertz CT molecular complexity index is 1380. The van der Waals surface area contributed by atoms with Crippen LogP contribution in [0.5, 0.6) is 0 Å². The molecule has 4 aromatic rings. The largest absolute Gasteiger partial charge is 0.478 e. The van der Waals surface area contributed by atoms with Crippen LogP contribution in [0.4, 0.5) is 5.69 Å². The number of anilines is 1. The van der Waals surface area contributed by atoms with Crippen molar-refractivity contribution in [1.29, 1.82) is 0 Å². The summed E-state index contributed by atoms with van der Waals surface area (Å²) < 4.78 is 1.20. The van der Waals surface area contributed by atoms with Crippen molar-refractivity contribution >= 4 is 50.7 Å². The first kappa shape index (κ1) is 20.8. The number of hydrogen-bond acceptors (Lipinski definition) is 5. The van der Waals surface area contributed by atoms with Crippen LogP contribution in [-0.4, -0.2) is 26.5 Å². The third-order valence-electron chi connectivity index (χ3n) is 4.71. The number of benzene rings is 2. The van der Waals surface area contributed by atoms with E-state index in [9.17, 15) is 19.5 Å². The van der Waals surface area contributed by atoms with Gasteiger partial charge in [-0.1, -0.05) is 48.0 Å². The Hall–Kier alpha value is -3.49. The van der Waals surface area contributed by atoms with Gasteiger partial charge in [0.05, 0.1) is 10.9 Å². The van der Waals surface area contributed by atoms with Crippen molar-refractivity contribution in [3.05, 3.63) is 80.4 Å². The number of thiophene rings is 1. The number of aryl methyl sites for hydroxylation is 1. The van der Waals surface area contributed by atoms with Gasteiger partial charge in [-0.05, 0) is 24.6 Å². The van der Waals surface area contributed by atoms with Crippen LogP contribution in [0.25, 0.3) is 21.6 Å². The fourth-order valence-corrected chi connectivity index (χ4v) is 4.23. The lowest BCUT2D eigenvalue weighted by atomic mass is 10.2. The molecule has 31 heavy (non-hydrogen) atoms. The first-order valence-corrected chi connectivity index (χ1v) is 10.5. The van der Waals surface area contributed by atoms with Crippen LogP contribution >= 0.6 is 22.9 Å². The van der Waals surface area contributed by atoms with Gasteiger partial charge in [-0.3, -0.25) is 14.2 Å². The summed E-state index contributed by atoms with van der Waals surface area (Å²) in [7, 11) is 0. The van der Waals surface area contributed by atoms with Gasteiger partial charge in [0.1, 0.15) is 17.2 Å². The quantitative estimate of drug-likeness (QED) is 0.465. The van der Waals surface area contributed by atoms with E-state index < -0.39 is 17.4 Å². The van der Waals surface area contributed by atoms with Gasteiger partial charge in [0, 0.05) is 21.7 Å².